The second kappa shape index (κ2) is 6.70. The zero-order chi connectivity index (χ0) is 18.1. The lowest BCUT2D eigenvalue weighted by molar-refractivity contribution is -0.139. The van der Waals surface area contributed by atoms with Crippen molar-refractivity contribution in [2.45, 2.75) is 0 Å². The van der Waals surface area contributed by atoms with E-state index in [1.807, 2.05) is 0 Å². The number of ether oxygens (including phenoxy) is 1. The van der Waals surface area contributed by atoms with Crippen LogP contribution >= 0.6 is 23.2 Å². The maximum atomic E-state index is 12.4. The quantitative estimate of drug-likeness (QED) is 0.645. The molecule has 0 saturated heterocycles. The van der Waals surface area contributed by atoms with Gasteiger partial charge in [-0.3, -0.25) is 9.59 Å². The smallest absolute Gasteiger partial charge is 0.341 e. The SMILES string of the molecule is O=C(O)COc1c(Cl)cc(C=C2C(=O)c3ccccc3C2=O)cc1Cl. The zero-order valence-electron chi connectivity index (χ0n) is 12.6. The predicted octanol–water partition coefficient (Wildman–Crippen LogP) is 3.92. The molecule has 0 bridgehead atoms. The number of Topliss-reactive ketones (excluding diaryl/α,β-unsaturated/α-hetero) is 2. The molecule has 0 spiro atoms. The third-order valence-corrected chi connectivity index (χ3v) is 4.14. The molecule has 5 nitrogen and oxygen atoms in total. The van der Waals surface area contributed by atoms with Crippen LogP contribution < -0.4 is 4.74 Å². The molecule has 1 N–H and O–H groups in total. The molecule has 1 aliphatic rings. The largest absolute Gasteiger partial charge is 0.479 e. The number of ketones is 2. The number of carbonyl (C=O) groups excluding carboxylic acids is 2. The van der Waals surface area contributed by atoms with E-state index < -0.39 is 12.6 Å². The van der Waals surface area contributed by atoms with E-state index in [2.05, 4.69) is 0 Å². The average molecular weight is 377 g/mol. The summed E-state index contributed by atoms with van der Waals surface area (Å²) in [5.74, 6) is -1.86. The highest BCUT2D eigenvalue weighted by molar-refractivity contribution is 6.41. The summed E-state index contributed by atoms with van der Waals surface area (Å²) in [6, 6.07) is 9.46. The lowest BCUT2D eigenvalue weighted by Crippen LogP contribution is -2.10. The van der Waals surface area contributed by atoms with Crippen LogP contribution in [-0.4, -0.2) is 29.2 Å². The number of allylic oxidation sites excluding steroid dienone is 1. The molecular weight excluding hydrogens is 367 g/mol. The van der Waals surface area contributed by atoms with Gasteiger partial charge in [0.15, 0.2) is 23.9 Å². The molecule has 25 heavy (non-hydrogen) atoms. The van der Waals surface area contributed by atoms with Gasteiger partial charge < -0.3 is 9.84 Å². The summed E-state index contributed by atoms with van der Waals surface area (Å²) in [7, 11) is 0. The standard InChI is InChI=1S/C18H10Cl2O5/c19-13-6-9(7-14(20)18(13)25-8-15(21)22)5-12-16(23)10-3-1-2-4-11(10)17(12)24/h1-7H,8H2,(H,21,22). The number of halogens is 2. The van der Waals surface area contributed by atoms with Crippen molar-refractivity contribution in [3.63, 3.8) is 0 Å². The van der Waals surface area contributed by atoms with Gasteiger partial charge in [0.2, 0.25) is 0 Å². The van der Waals surface area contributed by atoms with Gasteiger partial charge in [0, 0.05) is 11.1 Å². The number of carboxylic acids is 1. The Morgan fingerprint density at radius 2 is 1.56 bits per heavy atom. The van der Waals surface area contributed by atoms with Crippen LogP contribution in [0.15, 0.2) is 42.0 Å². The van der Waals surface area contributed by atoms with Crippen molar-refractivity contribution in [3.05, 3.63) is 68.7 Å². The molecular formula is C18H10Cl2O5. The van der Waals surface area contributed by atoms with Gasteiger partial charge in [0.1, 0.15) is 0 Å². The summed E-state index contributed by atoms with van der Waals surface area (Å²) in [5, 5.41) is 8.81. The van der Waals surface area contributed by atoms with Crippen LogP contribution in [0.5, 0.6) is 5.75 Å². The van der Waals surface area contributed by atoms with E-state index in [0.717, 1.165) is 0 Å². The van der Waals surface area contributed by atoms with Crippen LogP contribution in [-0.2, 0) is 4.79 Å². The van der Waals surface area contributed by atoms with Gasteiger partial charge in [-0.05, 0) is 23.8 Å². The maximum absolute atomic E-state index is 12.4. The van der Waals surface area contributed by atoms with Crippen molar-refractivity contribution < 1.29 is 24.2 Å². The van der Waals surface area contributed by atoms with Gasteiger partial charge in [-0.15, -0.1) is 0 Å². The number of fused-ring (bicyclic) bond motifs is 1. The van der Waals surface area contributed by atoms with E-state index >= 15 is 0 Å². The van der Waals surface area contributed by atoms with Crippen LogP contribution in [0.3, 0.4) is 0 Å². The molecule has 1 aliphatic carbocycles. The number of hydrogen-bond donors (Lipinski definition) is 1. The fraction of sp³-hybridized carbons (Fsp3) is 0.0556. The van der Waals surface area contributed by atoms with Gasteiger partial charge in [-0.1, -0.05) is 47.5 Å². The molecule has 3 rings (SSSR count). The molecule has 2 aromatic carbocycles. The highest BCUT2D eigenvalue weighted by atomic mass is 35.5. The fourth-order valence-electron chi connectivity index (χ4n) is 2.50. The highest BCUT2D eigenvalue weighted by Gasteiger charge is 2.32. The molecule has 0 saturated carbocycles. The van der Waals surface area contributed by atoms with Gasteiger partial charge >= 0.3 is 5.97 Å². The summed E-state index contributed by atoms with van der Waals surface area (Å²) < 4.78 is 5.03. The lowest BCUT2D eigenvalue weighted by atomic mass is 10.1. The third-order valence-electron chi connectivity index (χ3n) is 3.58. The Balaban J connectivity index is 1.96. The molecule has 0 aromatic heterocycles. The van der Waals surface area contributed by atoms with E-state index in [4.69, 9.17) is 33.0 Å². The molecule has 0 fully saturated rings. The Labute approximate surface area is 152 Å². The molecule has 0 radical (unpaired) electrons. The third kappa shape index (κ3) is 3.29. The molecule has 0 heterocycles. The van der Waals surface area contributed by atoms with Gasteiger partial charge in [-0.25, -0.2) is 4.79 Å². The van der Waals surface area contributed by atoms with Crippen LogP contribution in [0.4, 0.5) is 0 Å². The van der Waals surface area contributed by atoms with Gasteiger partial charge in [0.25, 0.3) is 0 Å². The molecule has 7 heteroatoms. The second-order valence-electron chi connectivity index (χ2n) is 5.26. The van der Waals surface area contributed by atoms with Crippen molar-refractivity contribution in [1.82, 2.24) is 0 Å². The van der Waals surface area contributed by atoms with Gasteiger partial charge in [-0.2, -0.15) is 0 Å². The first-order chi connectivity index (χ1) is 11.9. The predicted molar refractivity (Wildman–Crippen MR) is 92.7 cm³/mol. The zero-order valence-corrected chi connectivity index (χ0v) is 14.1. The second-order valence-corrected chi connectivity index (χ2v) is 6.07. The number of carboxylic acid groups (broad SMARTS) is 1. The average Bonchev–Trinajstić information content (AvgIpc) is 2.79. The Kier molecular flexibility index (Phi) is 4.61. The van der Waals surface area contributed by atoms with Crippen molar-refractivity contribution in [1.29, 1.82) is 0 Å². The maximum Gasteiger partial charge on any atom is 0.341 e. The topological polar surface area (TPSA) is 80.7 Å². The Hall–Kier alpha value is -2.63. The fourth-order valence-corrected chi connectivity index (χ4v) is 3.12. The summed E-state index contributed by atoms with van der Waals surface area (Å²) in [6.45, 7) is -0.591. The van der Waals surface area contributed by atoms with Crippen LogP contribution in [0.25, 0.3) is 6.08 Å². The molecule has 126 valence electrons. The molecule has 0 amide bonds. The van der Waals surface area contributed by atoms with Crippen molar-refractivity contribution in [3.8, 4) is 5.75 Å². The molecule has 0 atom stereocenters. The lowest BCUT2D eigenvalue weighted by Gasteiger charge is -2.09. The van der Waals surface area contributed by atoms with E-state index in [-0.39, 0.29) is 32.9 Å². The van der Waals surface area contributed by atoms with Gasteiger partial charge in [0.05, 0.1) is 15.6 Å². The van der Waals surface area contributed by atoms with E-state index in [1.165, 1.54) is 18.2 Å². The normalized spacial score (nSPS) is 13.0. The minimum atomic E-state index is -1.17. The summed E-state index contributed by atoms with van der Waals surface area (Å²) in [5.41, 5.74) is 1.17. The minimum absolute atomic E-state index is 0.0209. The number of hydrogen-bond acceptors (Lipinski definition) is 4. The minimum Gasteiger partial charge on any atom is -0.479 e. The Morgan fingerprint density at radius 1 is 1.04 bits per heavy atom. The summed E-state index contributed by atoms with van der Waals surface area (Å²) in [6.07, 6.45) is 1.41. The van der Waals surface area contributed by atoms with E-state index in [9.17, 15) is 14.4 Å². The summed E-state index contributed by atoms with van der Waals surface area (Å²) >= 11 is 12.1. The Bertz CT molecular complexity index is 886. The first kappa shape index (κ1) is 17.2. The molecule has 2 aromatic rings. The van der Waals surface area contributed by atoms with Crippen LogP contribution in [0, 0.1) is 0 Å². The Morgan fingerprint density at radius 3 is 2.04 bits per heavy atom. The number of carbonyl (C=O) groups is 3. The number of aliphatic carboxylic acids is 1. The highest BCUT2D eigenvalue weighted by Crippen LogP contribution is 2.36. The first-order valence-electron chi connectivity index (χ1n) is 7.12. The first-order valence-corrected chi connectivity index (χ1v) is 7.88. The van der Waals surface area contributed by atoms with Crippen molar-refractivity contribution >= 4 is 46.8 Å². The molecule has 0 unspecified atom stereocenters. The van der Waals surface area contributed by atoms with Crippen LogP contribution in [0.2, 0.25) is 10.0 Å². The van der Waals surface area contributed by atoms with Crippen LogP contribution in [0.1, 0.15) is 26.3 Å². The monoisotopic (exact) mass is 376 g/mol. The van der Waals surface area contributed by atoms with E-state index in [1.54, 1.807) is 24.3 Å². The number of benzene rings is 2. The molecule has 0 aliphatic heterocycles. The van der Waals surface area contributed by atoms with E-state index in [0.29, 0.717) is 16.7 Å². The van der Waals surface area contributed by atoms with Crippen molar-refractivity contribution in [2.75, 3.05) is 6.61 Å². The number of rotatable bonds is 4. The summed E-state index contributed by atoms with van der Waals surface area (Å²) in [4.78, 5) is 35.3. The van der Waals surface area contributed by atoms with Crippen molar-refractivity contribution in [2.24, 2.45) is 0 Å².